The summed E-state index contributed by atoms with van der Waals surface area (Å²) >= 11 is 0. The van der Waals surface area contributed by atoms with Gasteiger partial charge in [-0.2, -0.15) is 0 Å². The normalized spacial score (nSPS) is 12.7. The van der Waals surface area contributed by atoms with Crippen molar-refractivity contribution in [1.82, 2.24) is 0 Å². The lowest BCUT2D eigenvalue weighted by Crippen LogP contribution is -2.22. The smallest absolute Gasteiger partial charge is 0.309 e. The maximum Gasteiger partial charge on any atom is 0.309 e. The SMILES string of the molecule is CCCCCCCCCC=CCOC(=O)C(CC(=O)O)CC(C)C. The van der Waals surface area contributed by atoms with Gasteiger partial charge in [0.2, 0.25) is 0 Å². The molecule has 1 atom stereocenters. The van der Waals surface area contributed by atoms with Crippen LogP contribution in [0.2, 0.25) is 0 Å². The molecule has 0 spiro atoms. The van der Waals surface area contributed by atoms with Gasteiger partial charge in [0, 0.05) is 0 Å². The number of esters is 1. The number of carboxylic acids is 1. The lowest BCUT2D eigenvalue weighted by atomic mass is 9.94. The van der Waals surface area contributed by atoms with E-state index in [0.29, 0.717) is 6.42 Å². The van der Waals surface area contributed by atoms with E-state index in [1.807, 2.05) is 26.0 Å². The van der Waals surface area contributed by atoms with Crippen molar-refractivity contribution < 1.29 is 19.4 Å². The van der Waals surface area contributed by atoms with Crippen molar-refractivity contribution in [2.75, 3.05) is 6.61 Å². The zero-order valence-corrected chi connectivity index (χ0v) is 15.8. The summed E-state index contributed by atoms with van der Waals surface area (Å²) < 4.78 is 5.19. The first-order valence-electron chi connectivity index (χ1n) is 9.50. The zero-order chi connectivity index (χ0) is 18.2. The largest absolute Gasteiger partial charge is 0.481 e. The van der Waals surface area contributed by atoms with Crippen molar-refractivity contribution >= 4 is 11.9 Å². The van der Waals surface area contributed by atoms with E-state index in [0.717, 1.165) is 6.42 Å². The average molecular weight is 341 g/mol. The Morgan fingerprint density at radius 2 is 1.62 bits per heavy atom. The van der Waals surface area contributed by atoms with Crippen molar-refractivity contribution in [3.05, 3.63) is 12.2 Å². The predicted octanol–water partition coefficient (Wildman–Crippen LogP) is 5.36. The molecular formula is C20H36O4. The molecule has 4 nitrogen and oxygen atoms in total. The minimum absolute atomic E-state index is 0.154. The first kappa shape index (κ1) is 22.7. The monoisotopic (exact) mass is 340 g/mol. The van der Waals surface area contributed by atoms with Crippen LogP contribution in [0.25, 0.3) is 0 Å². The topological polar surface area (TPSA) is 63.6 Å². The Morgan fingerprint density at radius 3 is 2.21 bits per heavy atom. The number of allylic oxidation sites excluding steroid dienone is 1. The second-order valence-electron chi connectivity index (χ2n) is 6.94. The second kappa shape index (κ2) is 15.2. The number of carbonyl (C=O) groups excluding carboxylic acids is 1. The summed E-state index contributed by atoms with van der Waals surface area (Å²) in [5.41, 5.74) is 0. The van der Waals surface area contributed by atoms with Gasteiger partial charge >= 0.3 is 11.9 Å². The van der Waals surface area contributed by atoms with E-state index in [9.17, 15) is 9.59 Å². The van der Waals surface area contributed by atoms with Crippen LogP contribution in [-0.4, -0.2) is 23.7 Å². The minimum atomic E-state index is -0.952. The fourth-order valence-electron chi connectivity index (χ4n) is 2.70. The zero-order valence-electron chi connectivity index (χ0n) is 15.8. The van der Waals surface area contributed by atoms with E-state index in [1.165, 1.54) is 44.9 Å². The molecule has 1 N–H and O–H groups in total. The molecule has 0 bridgehead atoms. The maximum atomic E-state index is 12.0. The van der Waals surface area contributed by atoms with E-state index in [1.54, 1.807) is 0 Å². The Morgan fingerprint density at radius 1 is 1.00 bits per heavy atom. The molecule has 0 aromatic heterocycles. The van der Waals surface area contributed by atoms with Gasteiger partial charge in [-0.05, 0) is 25.2 Å². The molecule has 140 valence electrons. The number of hydrogen-bond acceptors (Lipinski definition) is 3. The van der Waals surface area contributed by atoms with Crippen LogP contribution in [0.4, 0.5) is 0 Å². The van der Waals surface area contributed by atoms with Gasteiger partial charge in [0.05, 0.1) is 12.3 Å². The number of unbranched alkanes of at least 4 members (excludes halogenated alkanes) is 7. The second-order valence-corrected chi connectivity index (χ2v) is 6.94. The van der Waals surface area contributed by atoms with Gasteiger partial charge in [0.1, 0.15) is 6.61 Å². The van der Waals surface area contributed by atoms with E-state index < -0.39 is 17.9 Å². The molecule has 1 unspecified atom stereocenters. The van der Waals surface area contributed by atoms with Gasteiger partial charge < -0.3 is 9.84 Å². The number of carbonyl (C=O) groups is 2. The molecule has 0 rings (SSSR count). The Kier molecular flexibility index (Phi) is 14.4. The summed E-state index contributed by atoms with van der Waals surface area (Å²) in [6.45, 7) is 6.42. The van der Waals surface area contributed by atoms with Crippen molar-refractivity contribution in [1.29, 1.82) is 0 Å². The van der Waals surface area contributed by atoms with Crippen LogP contribution in [0, 0.1) is 11.8 Å². The van der Waals surface area contributed by atoms with Crippen LogP contribution in [0.1, 0.15) is 85.0 Å². The van der Waals surface area contributed by atoms with Crippen LogP contribution in [0.3, 0.4) is 0 Å². The van der Waals surface area contributed by atoms with Crippen LogP contribution < -0.4 is 0 Å². The minimum Gasteiger partial charge on any atom is -0.481 e. The summed E-state index contributed by atoms with van der Waals surface area (Å²) in [4.78, 5) is 22.8. The molecule has 0 heterocycles. The molecule has 0 aromatic carbocycles. The van der Waals surface area contributed by atoms with Crippen LogP contribution in [0.15, 0.2) is 12.2 Å². The van der Waals surface area contributed by atoms with E-state index in [4.69, 9.17) is 9.84 Å². The fourth-order valence-corrected chi connectivity index (χ4v) is 2.70. The fraction of sp³-hybridized carbons (Fsp3) is 0.800. The molecule has 0 aromatic rings. The van der Waals surface area contributed by atoms with Gasteiger partial charge in [0.25, 0.3) is 0 Å². The van der Waals surface area contributed by atoms with Crippen molar-refractivity contribution in [2.24, 2.45) is 11.8 Å². The van der Waals surface area contributed by atoms with Crippen molar-refractivity contribution in [3.8, 4) is 0 Å². The van der Waals surface area contributed by atoms with Gasteiger partial charge in [-0.1, -0.05) is 71.4 Å². The van der Waals surface area contributed by atoms with Crippen LogP contribution >= 0.6 is 0 Å². The standard InChI is InChI=1S/C20H36O4/c1-4-5-6-7-8-9-10-11-12-13-14-24-20(23)18(15-17(2)3)16-19(21)22/h12-13,17-18H,4-11,14-16H2,1-3H3,(H,21,22). The van der Waals surface area contributed by atoms with Gasteiger partial charge in [-0.15, -0.1) is 0 Å². The van der Waals surface area contributed by atoms with Gasteiger partial charge in [0.15, 0.2) is 0 Å². The highest BCUT2D eigenvalue weighted by Crippen LogP contribution is 2.17. The third kappa shape index (κ3) is 14.3. The van der Waals surface area contributed by atoms with E-state index in [-0.39, 0.29) is 18.9 Å². The Hall–Kier alpha value is -1.32. The molecule has 24 heavy (non-hydrogen) atoms. The number of carboxylic acid groups (broad SMARTS) is 1. The third-order valence-corrected chi connectivity index (χ3v) is 3.97. The molecular weight excluding hydrogens is 304 g/mol. The lowest BCUT2D eigenvalue weighted by molar-refractivity contribution is -0.152. The average Bonchev–Trinajstić information content (AvgIpc) is 2.50. The summed E-state index contributed by atoms with van der Waals surface area (Å²) in [5, 5.41) is 8.88. The summed E-state index contributed by atoms with van der Waals surface area (Å²) in [6, 6.07) is 0. The van der Waals surface area contributed by atoms with E-state index >= 15 is 0 Å². The van der Waals surface area contributed by atoms with Gasteiger partial charge in [-0.3, -0.25) is 9.59 Å². The predicted molar refractivity (Wildman–Crippen MR) is 97.9 cm³/mol. The first-order valence-corrected chi connectivity index (χ1v) is 9.50. The van der Waals surface area contributed by atoms with Crippen LogP contribution in [0.5, 0.6) is 0 Å². The van der Waals surface area contributed by atoms with Crippen LogP contribution in [-0.2, 0) is 14.3 Å². The highest BCUT2D eigenvalue weighted by molar-refractivity contribution is 5.79. The Balaban J connectivity index is 3.78. The summed E-state index contributed by atoms with van der Waals surface area (Å²) in [6.07, 6.45) is 14.3. The maximum absolute atomic E-state index is 12.0. The molecule has 0 saturated heterocycles. The van der Waals surface area contributed by atoms with Crippen molar-refractivity contribution in [3.63, 3.8) is 0 Å². The molecule has 0 aliphatic heterocycles. The Labute approximate surface area is 147 Å². The summed E-state index contributed by atoms with van der Waals surface area (Å²) in [5.74, 6) is -1.62. The summed E-state index contributed by atoms with van der Waals surface area (Å²) in [7, 11) is 0. The number of aliphatic carboxylic acids is 1. The lowest BCUT2D eigenvalue weighted by Gasteiger charge is -2.15. The Bertz CT molecular complexity index is 361. The molecule has 0 aliphatic rings. The first-order chi connectivity index (χ1) is 11.5. The van der Waals surface area contributed by atoms with Crippen molar-refractivity contribution in [2.45, 2.75) is 85.0 Å². The molecule has 0 radical (unpaired) electrons. The molecule has 4 heteroatoms. The molecule has 0 amide bonds. The molecule has 0 aliphatic carbocycles. The van der Waals surface area contributed by atoms with Gasteiger partial charge in [-0.25, -0.2) is 0 Å². The third-order valence-electron chi connectivity index (χ3n) is 3.97. The number of rotatable bonds is 15. The molecule has 0 saturated carbocycles. The highest BCUT2D eigenvalue weighted by Gasteiger charge is 2.23. The quantitative estimate of drug-likeness (QED) is 0.247. The number of hydrogen-bond donors (Lipinski definition) is 1. The highest BCUT2D eigenvalue weighted by atomic mass is 16.5. The molecule has 0 fully saturated rings. The van der Waals surface area contributed by atoms with E-state index in [2.05, 4.69) is 6.92 Å². The number of ether oxygens (including phenoxy) is 1.